The van der Waals surface area contributed by atoms with Crippen LogP contribution in [-0.2, 0) is 6.54 Å². The Balaban J connectivity index is 2.06. The molecule has 2 rings (SSSR count). The summed E-state index contributed by atoms with van der Waals surface area (Å²) in [5.74, 6) is -0.674. The van der Waals surface area contributed by atoms with Crippen LogP contribution in [0.4, 0.5) is 8.78 Å². The van der Waals surface area contributed by atoms with Crippen molar-refractivity contribution in [3.05, 3.63) is 35.4 Å². The molecule has 0 radical (unpaired) electrons. The Morgan fingerprint density at radius 2 is 2.14 bits per heavy atom. The molecule has 1 N–H and O–H groups in total. The molecule has 0 aliphatic carbocycles. The molecule has 0 spiro atoms. The van der Waals surface area contributed by atoms with Gasteiger partial charge < -0.3 is 5.32 Å². The lowest BCUT2D eigenvalue weighted by Crippen LogP contribution is -2.50. The van der Waals surface area contributed by atoms with Crippen LogP contribution in [0.2, 0.25) is 0 Å². The van der Waals surface area contributed by atoms with E-state index in [-0.39, 0.29) is 11.6 Å². The highest BCUT2D eigenvalue weighted by molar-refractivity contribution is 5.19. The minimum atomic E-state index is -0.364. The number of rotatable bonds is 6. The molecule has 1 aromatic carbocycles. The molecule has 21 heavy (non-hydrogen) atoms. The van der Waals surface area contributed by atoms with Gasteiger partial charge in [-0.3, -0.25) is 4.90 Å². The number of hydrogen-bond acceptors (Lipinski definition) is 2. The van der Waals surface area contributed by atoms with Gasteiger partial charge in [-0.1, -0.05) is 13.3 Å². The van der Waals surface area contributed by atoms with Crippen LogP contribution in [0.25, 0.3) is 0 Å². The summed E-state index contributed by atoms with van der Waals surface area (Å²) in [6.07, 6.45) is 4.57. The second kappa shape index (κ2) is 7.85. The molecular weight excluding hydrogens is 270 g/mol. The number of nitrogens with one attached hydrogen (secondary N) is 1. The Morgan fingerprint density at radius 1 is 1.33 bits per heavy atom. The monoisotopic (exact) mass is 296 g/mol. The first kappa shape index (κ1) is 16.4. The van der Waals surface area contributed by atoms with Gasteiger partial charge in [0.05, 0.1) is 0 Å². The Labute approximate surface area is 126 Å². The average Bonchev–Trinajstić information content (AvgIpc) is 2.49. The highest BCUT2D eigenvalue weighted by Crippen LogP contribution is 2.23. The molecule has 118 valence electrons. The highest BCUT2D eigenvalue weighted by atomic mass is 19.1. The summed E-state index contributed by atoms with van der Waals surface area (Å²) in [6, 6.07) is 4.50. The zero-order chi connectivity index (χ0) is 15.2. The van der Waals surface area contributed by atoms with Crippen LogP contribution in [-0.4, -0.2) is 30.1 Å². The Hall–Kier alpha value is -1.00. The van der Waals surface area contributed by atoms with E-state index < -0.39 is 0 Å². The van der Waals surface area contributed by atoms with Crippen molar-refractivity contribution in [1.82, 2.24) is 10.2 Å². The molecule has 2 nitrogen and oxygen atoms in total. The minimum Gasteiger partial charge on any atom is -0.313 e. The molecular formula is C17H26F2N2. The molecule has 4 heteroatoms. The van der Waals surface area contributed by atoms with Crippen molar-refractivity contribution in [2.24, 2.45) is 0 Å². The number of likely N-dealkylation sites (tertiary alicyclic amines) is 1. The summed E-state index contributed by atoms with van der Waals surface area (Å²) < 4.78 is 27.2. The summed E-state index contributed by atoms with van der Waals surface area (Å²) in [4.78, 5) is 2.30. The van der Waals surface area contributed by atoms with Crippen molar-refractivity contribution in [2.45, 2.75) is 58.2 Å². The van der Waals surface area contributed by atoms with Crippen molar-refractivity contribution in [3.63, 3.8) is 0 Å². The molecule has 1 aliphatic rings. The van der Waals surface area contributed by atoms with E-state index >= 15 is 0 Å². The van der Waals surface area contributed by atoms with Gasteiger partial charge in [0.25, 0.3) is 0 Å². The summed E-state index contributed by atoms with van der Waals surface area (Å²) in [6.45, 7) is 6.80. The molecule has 1 saturated heterocycles. The Kier molecular flexibility index (Phi) is 6.12. The van der Waals surface area contributed by atoms with Crippen molar-refractivity contribution >= 4 is 0 Å². The van der Waals surface area contributed by atoms with E-state index in [0.717, 1.165) is 32.4 Å². The molecule has 0 aromatic heterocycles. The van der Waals surface area contributed by atoms with Crippen LogP contribution < -0.4 is 5.32 Å². The molecule has 1 aliphatic heterocycles. The molecule has 2 unspecified atom stereocenters. The van der Waals surface area contributed by atoms with Crippen LogP contribution >= 0.6 is 0 Å². The maximum Gasteiger partial charge on any atom is 0.127 e. The maximum absolute atomic E-state index is 13.8. The predicted octanol–water partition coefficient (Wildman–Crippen LogP) is 3.71. The van der Waals surface area contributed by atoms with Crippen LogP contribution in [0.15, 0.2) is 18.2 Å². The molecule has 2 atom stereocenters. The quantitative estimate of drug-likeness (QED) is 0.861. The third-order valence-electron chi connectivity index (χ3n) is 4.34. The Bertz CT molecular complexity index is 450. The lowest BCUT2D eigenvalue weighted by Gasteiger charge is -2.39. The van der Waals surface area contributed by atoms with E-state index in [1.54, 1.807) is 0 Å². The highest BCUT2D eigenvalue weighted by Gasteiger charge is 2.27. The van der Waals surface area contributed by atoms with Crippen molar-refractivity contribution < 1.29 is 8.78 Å². The molecule has 0 bridgehead atoms. The topological polar surface area (TPSA) is 15.3 Å². The smallest absolute Gasteiger partial charge is 0.127 e. The lowest BCUT2D eigenvalue weighted by atomic mass is 9.95. The number of halogens is 2. The largest absolute Gasteiger partial charge is 0.313 e. The number of hydrogen-bond donors (Lipinski definition) is 1. The summed E-state index contributed by atoms with van der Waals surface area (Å²) in [5, 5.41) is 3.53. The Morgan fingerprint density at radius 3 is 2.90 bits per heavy atom. The fraction of sp³-hybridized carbons (Fsp3) is 0.647. The van der Waals surface area contributed by atoms with Gasteiger partial charge in [0.15, 0.2) is 0 Å². The summed E-state index contributed by atoms with van der Waals surface area (Å²) >= 11 is 0. The summed E-state index contributed by atoms with van der Waals surface area (Å²) in [7, 11) is 0. The van der Waals surface area contributed by atoms with E-state index in [9.17, 15) is 8.78 Å². The van der Waals surface area contributed by atoms with Gasteiger partial charge in [-0.25, -0.2) is 8.78 Å². The van der Waals surface area contributed by atoms with Crippen molar-refractivity contribution in [3.8, 4) is 0 Å². The van der Waals surface area contributed by atoms with Crippen LogP contribution in [0.1, 0.15) is 45.1 Å². The van der Waals surface area contributed by atoms with Crippen molar-refractivity contribution in [1.29, 1.82) is 0 Å². The van der Waals surface area contributed by atoms with E-state index in [2.05, 4.69) is 24.1 Å². The average molecular weight is 296 g/mol. The van der Waals surface area contributed by atoms with Crippen molar-refractivity contribution in [2.75, 3.05) is 13.1 Å². The van der Waals surface area contributed by atoms with E-state index in [1.165, 1.54) is 24.6 Å². The van der Waals surface area contributed by atoms with Gasteiger partial charge >= 0.3 is 0 Å². The molecule has 0 amide bonds. The van der Waals surface area contributed by atoms with Gasteiger partial charge in [0.2, 0.25) is 0 Å². The van der Waals surface area contributed by atoms with Crippen LogP contribution in [0.3, 0.4) is 0 Å². The second-order valence-electron chi connectivity index (χ2n) is 6.01. The van der Waals surface area contributed by atoms with E-state index in [1.807, 2.05) is 0 Å². The van der Waals surface area contributed by atoms with E-state index in [0.29, 0.717) is 24.2 Å². The zero-order valence-electron chi connectivity index (χ0n) is 13.0. The molecule has 0 saturated carbocycles. The fourth-order valence-corrected chi connectivity index (χ4v) is 3.17. The SMILES string of the molecule is CCCNC(C)C1CCCCN1Cc1cc(F)ccc1F. The maximum atomic E-state index is 13.8. The third kappa shape index (κ3) is 4.48. The molecule has 1 fully saturated rings. The van der Waals surface area contributed by atoms with Crippen LogP contribution in [0, 0.1) is 11.6 Å². The lowest BCUT2D eigenvalue weighted by molar-refractivity contribution is 0.110. The minimum absolute atomic E-state index is 0.310. The van der Waals surface area contributed by atoms with Gasteiger partial charge in [0, 0.05) is 24.2 Å². The standard InChI is InChI=1S/C17H26F2N2/c1-3-9-20-13(2)17-6-4-5-10-21(17)12-14-11-15(18)7-8-16(14)19/h7-8,11,13,17,20H,3-6,9-10,12H2,1-2H3. The fourth-order valence-electron chi connectivity index (χ4n) is 3.17. The van der Waals surface area contributed by atoms with Gasteiger partial charge in [0.1, 0.15) is 11.6 Å². The number of nitrogens with zero attached hydrogens (tertiary/aromatic N) is 1. The number of benzene rings is 1. The zero-order valence-corrected chi connectivity index (χ0v) is 13.0. The first-order valence-corrected chi connectivity index (χ1v) is 8.03. The predicted molar refractivity (Wildman–Crippen MR) is 82.2 cm³/mol. The summed E-state index contributed by atoms with van der Waals surface area (Å²) in [5.41, 5.74) is 0.463. The third-order valence-corrected chi connectivity index (χ3v) is 4.34. The van der Waals surface area contributed by atoms with Gasteiger partial charge in [-0.05, 0) is 57.5 Å². The van der Waals surface area contributed by atoms with Gasteiger partial charge in [-0.2, -0.15) is 0 Å². The van der Waals surface area contributed by atoms with Gasteiger partial charge in [-0.15, -0.1) is 0 Å². The van der Waals surface area contributed by atoms with E-state index in [4.69, 9.17) is 0 Å². The molecule has 1 heterocycles. The first-order chi connectivity index (χ1) is 10.1. The first-order valence-electron chi connectivity index (χ1n) is 8.03. The number of piperidine rings is 1. The normalized spacial score (nSPS) is 21.4. The molecule has 1 aromatic rings. The second-order valence-corrected chi connectivity index (χ2v) is 6.01. The van der Waals surface area contributed by atoms with Crippen LogP contribution in [0.5, 0.6) is 0 Å².